The smallest absolute Gasteiger partial charge is 0.187 e. The molecular formula is C52H44N4Si2. The minimum atomic E-state index is -1.50. The van der Waals surface area contributed by atoms with E-state index in [9.17, 15) is 5.26 Å². The molecule has 0 atom stereocenters. The average Bonchev–Trinajstić information content (AvgIpc) is 3.24. The van der Waals surface area contributed by atoms with Gasteiger partial charge in [-0.25, -0.2) is 4.85 Å². The third-order valence-corrected chi connectivity index (χ3v) is 15.7. The van der Waals surface area contributed by atoms with Crippen molar-refractivity contribution in [2.45, 2.75) is 39.3 Å². The molecule has 0 amide bonds. The van der Waals surface area contributed by atoms with Crippen molar-refractivity contribution in [3.05, 3.63) is 175 Å². The Kier molecular flexibility index (Phi) is 8.93. The zero-order valence-corrected chi connectivity index (χ0v) is 35.8. The number of hydrogen-bond acceptors (Lipinski definition) is 3. The summed E-state index contributed by atoms with van der Waals surface area (Å²) in [6.45, 7) is 21.9. The second-order valence-electron chi connectivity index (χ2n) is 17.3. The summed E-state index contributed by atoms with van der Waals surface area (Å²) >= 11 is 0. The Morgan fingerprint density at radius 1 is 0.431 bits per heavy atom. The van der Waals surface area contributed by atoms with Crippen LogP contribution in [0.15, 0.2) is 158 Å². The molecule has 0 bridgehead atoms. The number of hydrogen-bond donors (Lipinski definition) is 0. The zero-order valence-electron chi connectivity index (χ0n) is 33.8. The van der Waals surface area contributed by atoms with Gasteiger partial charge in [-0.1, -0.05) is 135 Å². The molecule has 0 aliphatic heterocycles. The first-order valence-corrected chi connectivity index (χ1v) is 26.9. The molecule has 6 heteroatoms. The van der Waals surface area contributed by atoms with Gasteiger partial charge < -0.3 is 9.80 Å². The minimum absolute atomic E-state index is 0.625. The van der Waals surface area contributed by atoms with Crippen molar-refractivity contribution in [3.8, 4) is 6.07 Å². The zero-order chi connectivity index (χ0) is 40.3. The van der Waals surface area contributed by atoms with Crippen LogP contribution in [-0.4, -0.2) is 16.1 Å². The minimum Gasteiger partial charge on any atom is -0.310 e. The summed E-state index contributed by atoms with van der Waals surface area (Å²) in [6.07, 6.45) is 0. The first-order valence-electron chi connectivity index (χ1n) is 19.9. The molecule has 0 aromatic heterocycles. The lowest BCUT2D eigenvalue weighted by atomic mass is 9.88. The largest absolute Gasteiger partial charge is 0.310 e. The summed E-state index contributed by atoms with van der Waals surface area (Å²) in [5.74, 6) is 0. The Hall–Kier alpha value is -6.71. The summed E-state index contributed by atoms with van der Waals surface area (Å²) in [4.78, 5) is 8.36. The fourth-order valence-corrected chi connectivity index (χ4v) is 10.8. The third-order valence-electron chi connectivity index (χ3n) is 11.6. The van der Waals surface area contributed by atoms with Crippen LogP contribution in [-0.2, 0) is 0 Å². The van der Waals surface area contributed by atoms with Crippen molar-refractivity contribution < 1.29 is 0 Å². The van der Waals surface area contributed by atoms with E-state index in [1.54, 1.807) is 0 Å². The normalized spacial score (nSPS) is 11.9. The number of benzene rings is 9. The van der Waals surface area contributed by atoms with Crippen molar-refractivity contribution in [2.75, 3.05) is 9.80 Å². The number of anilines is 6. The van der Waals surface area contributed by atoms with E-state index < -0.39 is 16.1 Å². The Morgan fingerprint density at radius 2 is 0.776 bits per heavy atom. The summed E-state index contributed by atoms with van der Waals surface area (Å²) in [5, 5.41) is 22.1. The lowest BCUT2D eigenvalue weighted by Gasteiger charge is -2.29. The van der Waals surface area contributed by atoms with Crippen molar-refractivity contribution in [1.29, 1.82) is 5.26 Å². The Morgan fingerprint density at radius 3 is 1.14 bits per heavy atom. The molecule has 0 aliphatic rings. The standard InChI is InChI=1S/C52H44N4Si2/c1-54-36-16-20-38(21-17-36)56(40-24-28-42(29-25-40)58(5,6)7)50-33-31-46-43-10-8-12-47-49(32-30-45(51(43)47)44-11-9-13-48(50)52(44)46)55(37-18-14-35(34-53)15-19-37)39-22-26-41(27-23-39)57(2,3)4/h8-33H,2-7H3. The van der Waals surface area contributed by atoms with Gasteiger partial charge in [-0.15, -0.1) is 0 Å². The highest BCUT2D eigenvalue weighted by atomic mass is 28.3. The molecule has 9 aromatic rings. The van der Waals surface area contributed by atoms with Crippen LogP contribution in [0.3, 0.4) is 0 Å². The Bertz CT molecular complexity index is 2840. The molecule has 0 N–H and O–H groups in total. The monoisotopic (exact) mass is 780 g/mol. The molecule has 280 valence electrons. The summed E-state index contributed by atoms with van der Waals surface area (Å²) < 4.78 is 0. The van der Waals surface area contributed by atoms with E-state index in [1.807, 2.05) is 24.3 Å². The summed E-state index contributed by atoms with van der Waals surface area (Å²) in [6, 6.07) is 58.9. The molecule has 0 unspecified atom stereocenters. The maximum atomic E-state index is 9.63. The van der Waals surface area contributed by atoms with Gasteiger partial charge in [0.15, 0.2) is 5.69 Å². The predicted molar refractivity (Wildman–Crippen MR) is 254 cm³/mol. The van der Waals surface area contributed by atoms with Crippen LogP contribution in [0.1, 0.15) is 5.56 Å². The molecule has 4 nitrogen and oxygen atoms in total. The van der Waals surface area contributed by atoms with Crippen LogP contribution >= 0.6 is 0 Å². The number of nitriles is 1. The lowest BCUT2D eigenvalue weighted by molar-refractivity contribution is 1.30. The fourth-order valence-electron chi connectivity index (χ4n) is 8.51. The number of nitrogens with zero attached hydrogens (tertiary/aromatic N) is 4. The molecule has 0 saturated carbocycles. The van der Waals surface area contributed by atoms with Gasteiger partial charge in [0.1, 0.15) is 0 Å². The van der Waals surface area contributed by atoms with Gasteiger partial charge in [0.05, 0.1) is 45.7 Å². The van der Waals surface area contributed by atoms with E-state index in [0.29, 0.717) is 11.3 Å². The van der Waals surface area contributed by atoms with Crippen molar-refractivity contribution in [2.24, 2.45) is 0 Å². The molecule has 58 heavy (non-hydrogen) atoms. The van der Waals surface area contributed by atoms with Gasteiger partial charge in [-0.2, -0.15) is 5.26 Å². The number of fused-ring (bicyclic) bond motifs is 2. The SMILES string of the molecule is [C-]#[N+]c1ccc(N(c2ccc([Si](C)(C)C)cc2)c2ccc3c4cccc5c(N(c6ccc(C#N)cc6)c6ccc([Si](C)(C)C)cc6)ccc(c6cccc2c63)c54)cc1. The second-order valence-corrected chi connectivity index (χ2v) is 27.4. The predicted octanol–water partition coefficient (Wildman–Crippen LogP) is 14.2. The number of rotatable bonds is 8. The first-order chi connectivity index (χ1) is 27.9. The highest BCUT2D eigenvalue weighted by Crippen LogP contribution is 2.49. The van der Waals surface area contributed by atoms with Crippen molar-refractivity contribution in [1.82, 2.24) is 0 Å². The van der Waals surface area contributed by atoms with Gasteiger partial charge in [0.2, 0.25) is 0 Å². The van der Waals surface area contributed by atoms with E-state index >= 15 is 0 Å². The topological polar surface area (TPSA) is 34.6 Å². The molecule has 0 radical (unpaired) electrons. The van der Waals surface area contributed by atoms with Crippen LogP contribution in [0, 0.1) is 17.9 Å². The van der Waals surface area contributed by atoms with Gasteiger partial charge in [-0.3, -0.25) is 0 Å². The van der Waals surface area contributed by atoms with Crippen LogP contribution in [0.5, 0.6) is 0 Å². The van der Waals surface area contributed by atoms with E-state index in [2.05, 4.69) is 193 Å². The van der Waals surface area contributed by atoms with Crippen LogP contribution < -0.4 is 20.2 Å². The summed E-state index contributed by atoms with van der Waals surface area (Å²) in [7, 11) is -3.01. The van der Waals surface area contributed by atoms with Crippen molar-refractivity contribution >= 4 is 109 Å². The molecular weight excluding hydrogens is 737 g/mol. The molecule has 0 heterocycles. The van der Waals surface area contributed by atoms with Crippen LogP contribution in [0.4, 0.5) is 39.8 Å². The molecule has 0 fully saturated rings. The van der Waals surface area contributed by atoms with E-state index in [1.165, 1.54) is 53.5 Å². The molecule has 0 spiro atoms. The van der Waals surface area contributed by atoms with Crippen molar-refractivity contribution in [3.63, 3.8) is 0 Å². The quantitative estimate of drug-likeness (QED) is 0.0667. The highest BCUT2D eigenvalue weighted by Gasteiger charge is 2.24. The lowest BCUT2D eigenvalue weighted by Crippen LogP contribution is -2.37. The first kappa shape index (κ1) is 36.9. The fraction of sp³-hybridized carbons (Fsp3) is 0.115. The van der Waals surface area contributed by atoms with Gasteiger partial charge in [0.25, 0.3) is 0 Å². The molecule has 0 saturated heterocycles. The molecule has 9 aromatic carbocycles. The van der Waals surface area contributed by atoms with Gasteiger partial charge in [0, 0.05) is 33.5 Å². The molecule has 0 aliphatic carbocycles. The van der Waals surface area contributed by atoms with Crippen LogP contribution in [0.25, 0.3) is 47.9 Å². The van der Waals surface area contributed by atoms with Crippen LogP contribution in [0.2, 0.25) is 39.3 Å². The Balaban J connectivity index is 1.27. The molecule has 9 rings (SSSR count). The second kappa shape index (κ2) is 14.0. The van der Waals surface area contributed by atoms with Gasteiger partial charge >= 0.3 is 0 Å². The third kappa shape index (κ3) is 6.28. The highest BCUT2D eigenvalue weighted by molar-refractivity contribution is 6.89. The van der Waals surface area contributed by atoms with E-state index in [-0.39, 0.29) is 0 Å². The van der Waals surface area contributed by atoms with Gasteiger partial charge in [-0.05, 0) is 105 Å². The Labute approximate surface area is 343 Å². The maximum Gasteiger partial charge on any atom is 0.187 e. The van der Waals surface area contributed by atoms with E-state index in [0.717, 1.165) is 34.1 Å². The summed E-state index contributed by atoms with van der Waals surface area (Å²) in [5.41, 5.74) is 7.64. The van der Waals surface area contributed by atoms with E-state index in [4.69, 9.17) is 6.57 Å². The maximum absolute atomic E-state index is 9.63. The average molecular weight is 781 g/mol.